The lowest BCUT2D eigenvalue weighted by Crippen LogP contribution is -2.22. The molecule has 0 spiro atoms. The van der Waals surface area contributed by atoms with Gasteiger partial charge in [0.15, 0.2) is 10.4 Å². The molecule has 1 amide bonds. The van der Waals surface area contributed by atoms with Crippen molar-refractivity contribution < 1.29 is 17.6 Å². The van der Waals surface area contributed by atoms with Crippen LogP contribution in [-0.2, 0) is 22.3 Å². The zero-order valence-corrected chi connectivity index (χ0v) is 14.2. The van der Waals surface area contributed by atoms with E-state index in [1.54, 1.807) is 36.4 Å². The molecule has 0 saturated carbocycles. The van der Waals surface area contributed by atoms with Crippen molar-refractivity contribution in [2.24, 2.45) is 0 Å². The van der Waals surface area contributed by atoms with E-state index in [1.165, 1.54) is 7.05 Å². The molecule has 2 aromatic rings. The third-order valence-corrected chi connectivity index (χ3v) is 4.70. The zero-order chi connectivity index (χ0) is 16.2. The van der Waals surface area contributed by atoms with E-state index in [9.17, 15) is 13.2 Å². The summed E-state index contributed by atoms with van der Waals surface area (Å²) in [6, 6.07) is 10.2. The Morgan fingerprint density at radius 3 is 2.32 bits per heavy atom. The SMILES string of the molecule is CNS(=O)(=O)Cc1ccc(CNC(=O)c2ccc(Br)o2)cc1. The lowest BCUT2D eigenvalue weighted by molar-refractivity contribution is 0.0922. The van der Waals surface area contributed by atoms with E-state index in [-0.39, 0.29) is 17.4 Å². The number of halogens is 1. The fourth-order valence-electron chi connectivity index (χ4n) is 1.75. The number of benzene rings is 1. The van der Waals surface area contributed by atoms with Crippen LogP contribution in [0.15, 0.2) is 45.5 Å². The summed E-state index contributed by atoms with van der Waals surface area (Å²) < 4.78 is 30.8. The lowest BCUT2D eigenvalue weighted by atomic mass is 10.1. The highest BCUT2D eigenvalue weighted by Gasteiger charge is 2.11. The fraction of sp³-hybridized carbons (Fsp3) is 0.214. The Morgan fingerprint density at radius 1 is 1.14 bits per heavy atom. The van der Waals surface area contributed by atoms with Crippen LogP contribution in [0.25, 0.3) is 0 Å². The predicted octanol–water partition coefficient (Wildman–Crippen LogP) is 2.02. The number of carbonyl (C=O) groups excluding carboxylic acids is 1. The number of nitrogens with one attached hydrogen (secondary N) is 2. The quantitative estimate of drug-likeness (QED) is 0.794. The fourth-order valence-corrected chi connectivity index (χ4v) is 2.83. The summed E-state index contributed by atoms with van der Waals surface area (Å²) in [6.45, 7) is 0.330. The van der Waals surface area contributed by atoms with Gasteiger partial charge in [-0.05, 0) is 46.2 Å². The van der Waals surface area contributed by atoms with Gasteiger partial charge in [-0.1, -0.05) is 24.3 Å². The second kappa shape index (κ2) is 7.08. The van der Waals surface area contributed by atoms with Crippen molar-refractivity contribution in [3.05, 3.63) is 58.0 Å². The predicted molar refractivity (Wildman–Crippen MR) is 85.7 cm³/mol. The molecule has 118 valence electrons. The van der Waals surface area contributed by atoms with E-state index in [0.717, 1.165) is 5.56 Å². The van der Waals surface area contributed by atoms with Gasteiger partial charge in [0.1, 0.15) is 0 Å². The van der Waals surface area contributed by atoms with Crippen LogP contribution in [-0.4, -0.2) is 21.4 Å². The average molecular weight is 387 g/mol. The molecule has 0 aliphatic carbocycles. The molecule has 1 aromatic carbocycles. The van der Waals surface area contributed by atoms with Crippen LogP contribution in [0.3, 0.4) is 0 Å². The van der Waals surface area contributed by atoms with Gasteiger partial charge >= 0.3 is 0 Å². The van der Waals surface area contributed by atoms with Crippen molar-refractivity contribution in [1.29, 1.82) is 0 Å². The minimum Gasteiger partial charge on any atom is -0.444 e. The maximum absolute atomic E-state index is 11.8. The number of hydrogen-bond acceptors (Lipinski definition) is 4. The van der Waals surface area contributed by atoms with E-state index < -0.39 is 10.0 Å². The van der Waals surface area contributed by atoms with Gasteiger partial charge in [-0.2, -0.15) is 0 Å². The molecular formula is C14H15BrN2O4S. The van der Waals surface area contributed by atoms with Crippen molar-refractivity contribution in [3.63, 3.8) is 0 Å². The molecule has 1 aromatic heterocycles. The first kappa shape index (κ1) is 16.7. The number of sulfonamides is 1. The normalized spacial score (nSPS) is 11.4. The van der Waals surface area contributed by atoms with Crippen LogP contribution < -0.4 is 10.0 Å². The molecule has 2 rings (SSSR count). The first-order valence-corrected chi connectivity index (χ1v) is 8.87. The topological polar surface area (TPSA) is 88.4 Å². The maximum atomic E-state index is 11.8. The van der Waals surface area contributed by atoms with Gasteiger partial charge in [-0.15, -0.1) is 0 Å². The molecule has 0 aliphatic heterocycles. The number of furan rings is 1. The average Bonchev–Trinajstić information content (AvgIpc) is 2.92. The van der Waals surface area contributed by atoms with Crippen molar-refractivity contribution in [2.45, 2.75) is 12.3 Å². The summed E-state index contributed by atoms with van der Waals surface area (Å²) in [7, 11) is -1.90. The van der Waals surface area contributed by atoms with Crippen LogP contribution in [0.2, 0.25) is 0 Å². The molecule has 8 heteroatoms. The molecule has 0 fully saturated rings. The zero-order valence-electron chi connectivity index (χ0n) is 11.8. The molecule has 2 N–H and O–H groups in total. The number of hydrogen-bond donors (Lipinski definition) is 2. The van der Waals surface area contributed by atoms with Gasteiger partial charge in [0.25, 0.3) is 5.91 Å². The molecule has 0 radical (unpaired) electrons. The molecule has 0 atom stereocenters. The van der Waals surface area contributed by atoms with Crippen molar-refractivity contribution in [2.75, 3.05) is 7.05 Å². The summed E-state index contributed by atoms with van der Waals surface area (Å²) >= 11 is 3.13. The smallest absolute Gasteiger partial charge is 0.287 e. The minimum atomic E-state index is -3.28. The summed E-state index contributed by atoms with van der Waals surface area (Å²) in [5.41, 5.74) is 1.55. The largest absolute Gasteiger partial charge is 0.444 e. The molecular weight excluding hydrogens is 372 g/mol. The highest BCUT2D eigenvalue weighted by atomic mass is 79.9. The molecule has 22 heavy (non-hydrogen) atoms. The van der Waals surface area contributed by atoms with Crippen LogP contribution in [0.4, 0.5) is 0 Å². The van der Waals surface area contributed by atoms with E-state index in [4.69, 9.17) is 4.42 Å². The Balaban J connectivity index is 1.93. The monoisotopic (exact) mass is 386 g/mol. The molecule has 0 saturated heterocycles. The highest BCUT2D eigenvalue weighted by Crippen LogP contribution is 2.14. The standard InChI is InChI=1S/C14H15BrN2O4S/c1-16-22(19,20)9-11-4-2-10(3-5-11)8-17-14(18)12-6-7-13(15)21-12/h2-7,16H,8-9H2,1H3,(H,17,18). The molecule has 0 bridgehead atoms. The third kappa shape index (κ3) is 4.69. The first-order valence-electron chi connectivity index (χ1n) is 6.42. The number of amides is 1. The summed E-state index contributed by atoms with van der Waals surface area (Å²) in [5, 5.41) is 2.72. The Kier molecular flexibility index (Phi) is 5.38. The van der Waals surface area contributed by atoms with Gasteiger partial charge in [-0.3, -0.25) is 4.79 Å². The van der Waals surface area contributed by atoms with Gasteiger partial charge in [0, 0.05) is 6.54 Å². The Labute approximate surface area is 137 Å². The van der Waals surface area contributed by atoms with Crippen molar-refractivity contribution in [1.82, 2.24) is 10.0 Å². The molecule has 6 nitrogen and oxygen atoms in total. The Bertz CT molecular complexity index is 753. The van der Waals surface area contributed by atoms with Crippen LogP contribution >= 0.6 is 15.9 Å². The van der Waals surface area contributed by atoms with Crippen molar-refractivity contribution >= 4 is 31.9 Å². The van der Waals surface area contributed by atoms with Crippen LogP contribution in [0.5, 0.6) is 0 Å². The van der Waals surface area contributed by atoms with Gasteiger partial charge in [0.05, 0.1) is 5.75 Å². The second-order valence-corrected chi connectivity index (χ2v) is 7.27. The van der Waals surface area contributed by atoms with Gasteiger partial charge in [-0.25, -0.2) is 13.1 Å². The highest BCUT2D eigenvalue weighted by molar-refractivity contribution is 9.10. The minimum absolute atomic E-state index is 0.0729. The van der Waals surface area contributed by atoms with Crippen molar-refractivity contribution in [3.8, 4) is 0 Å². The maximum Gasteiger partial charge on any atom is 0.287 e. The van der Waals surface area contributed by atoms with E-state index in [1.807, 2.05) is 0 Å². The third-order valence-electron chi connectivity index (χ3n) is 2.94. The van der Waals surface area contributed by atoms with Gasteiger partial charge < -0.3 is 9.73 Å². The summed E-state index contributed by atoms with van der Waals surface area (Å²) in [5.74, 6) is -0.160. The van der Waals surface area contributed by atoms with E-state index >= 15 is 0 Å². The summed E-state index contributed by atoms with van der Waals surface area (Å²) in [6.07, 6.45) is 0. The Morgan fingerprint density at radius 2 is 1.77 bits per heavy atom. The van der Waals surface area contributed by atoms with E-state index in [2.05, 4.69) is 26.0 Å². The second-order valence-electron chi connectivity index (χ2n) is 4.57. The van der Waals surface area contributed by atoms with E-state index in [0.29, 0.717) is 16.8 Å². The summed E-state index contributed by atoms with van der Waals surface area (Å²) in [4.78, 5) is 11.8. The van der Waals surface area contributed by atoms with Crippen LogP contribution in [0.1, 0.15) is 21.7 Å². The molecule has 0 unspecified atom stereocenters. The number of carbonyl (C=O) groups is 1. The van der Waals surface area contributed by atoms with Crippen LogP contribution in [0, 0.1) is 0 Å². The van der Waals surface area contributed by atoms with Gasteiger partial charge in [0.2, 0.25) is 10.0 Å². The first-order chi connectivity index (χ1) is 10.4. The number of rotatable bonds is 6. The molecule has 1 heterocycles. The Hall–Kier alpha value is -1.64. The lowest BCUT2D eigenvalue weighted by Gasteiger charge is -2.06. The molecule has 0 aliphatic rings.